The number of pyridine rings is 1. The molecule has 1 aromatic carbocycles. The minimum atomic E-state index is -0.189. The highest BCUT2D eigenvalue weighted by molar-refractivity contribution is 5.72. The first-order valence-electron chi connectivity index (χ1n) is 8.79. The number of rotatable bonds is 6. The largest absolute Gasteiger partial charge is 0.351 e. The van der Waals surface area contributed by atoms with E-state index < -0.39 is 0 Å². The lowest BCUT2D eigenvalue weighted by atomic mass is 10.0. The van der Waals surface area contributed by atoms with Crippen molar-refractivity contribution in [1.82, 2.24) is 15.2 Å². The van der Waals surface area contributed by atoms with Crippen LogP contribution >= 0.6 is 0 Å². The number of benzene rings is 1. The van der Waals surface area contributed by atoms with Crippen LogP contribution in [0.3, 0.4) is 0 Å². The molecule has 5 heteroatoms. The molecule has 1 aliphatic rings. The molecule has 3 rings (SSSR count). The van der Waals surface area contributed by atoms with Crippen molar-refractivity contribution in [2.24, 2.45) is 0 Å². The molecule has 2 heterocycles. The monoisotopic (exact) mass is 341 g/mol. The van der Waals surface area contributed by atoms with Crippen molar-refractivity contribution in [1.29, 1.82) is 0 Å². The summed E-state index contributed by atoms with van der Waals surface area (Å²) in [7, 11) is 0. The Labute approximate surface area is 148 Å². The van der Waals surface area contributed by atoms with Crippen molar-refractivity contribution >= 4 is 5.91 Å². The summed E-state index contributed by atoms with van der Waals surface area (Å²) in [6.07, 6.45) is 5.05. The van der Waals surface area contributed by atoms with Crippen LogP contribution in [0.5, 0.6) is 0 Å². The van der Waals surface area contributed by atoms with Crippen molar-refractivity contribution < 1.29 is 9.18 Å². The van der Waals surface area contributed by atoms with Gasteiger partial charge in [0.15, 0.2) is 0 Å². The fraction of sp³-hybridized carbons (Fsp3) is 0.400. The van der Waals surface area contributed by atoms with E-state index in [1.807, 2.05) is 18.3 Å². The second-order valence-corrected chi connectivity index (χ2v) is 6.56. The highest BCUT2D eigenvalue weighted by atomic mass is 19.1. The maximum absolute atomic E-state index is 13.0. The van der Waals surface area contributed by atoms with E-state index >= 15 is 0 Å². The number of hydrogen-bond acceptors (Lipinski definition) is 3. The van der Waals surface area contributed by atoms with Gasteiger partial charge in [-0.15, -0.1) is 0 Å². The van der Waals surface area contributed by atoms with Gasteiger partial charge in [-0.25, -0.2) is 4.39 Å². The molecule has 0 aliphatic carbocycles. The van der Waals surface area contributed by atoms with Gasteiger partial charge in [0.05, 0.1) is 12.2 Å². The standard InChI is InChI=1S/C20H24FN3O/c1-15(25)23-14-19-13-17(8-10-22-19)20-3-2-11-24(20)12-9-16-4-6-18(21)7-5-16/h4-8,10,13,20H,2-3,9,11-12,14H2,1H3,(H,23,25)/t20-/m0/s1. The van der Waals surface area contributed by atoms with E-state index in [-0.39, 0.29) is 11.7 Å². The number of carbonyl (C=O) groups excluding carboxylic acids is 1. The lowest BCUT2D eigenvalue weighted by Crippen LogP contribution is -2.26. The van der Waals surface area contributed by atoms with Crippen molar-refractivity contribution in [3.8, 4) is 0 Å². The quantitative estimate of drug-likeness (QED) is 0.877. The summed E-state index contributed by atoms with van der Waals surface area (Å²) < 4.78 is 13.0. The first-order chi connectivity index (χ1) is 12.1. The average Bonchev–Trinajstić information content (AvgIpc) is 3.08. The Hall–Kier alpha value is -2.27. The highest BCUT2D eigenvalue weighted by Gasteiger charge is 2.25. The molecule has 0 unspecified atom stereocenters. The summed E-state index contributed by atoms with van der Waals surface area (Å²) in [5.74, 6) is -0.236. The van der Waals surface area contributed by atoms with Gasteiger partial charge in [-0.05, 0) is 61.2 Å². The van der Waals surface area contributed by atoms with E-state index in [4.69, 9.17) is 0 Å². The zero-order valence-corrected chi connectivity index (χ0v) is 14.5. The Morgan fingerprint density at radius 1 is 1.32 bits per heavy atom. The van der Waals surface area contributed by atoms with Crippen LogP contribution in [-0.4, -0.2) is 28.9 Å². The predicted octanol–water partition coefficient (Wildman–Crippen LogP) is 3.24. The van der Waals surface area contributed by atoms with Crippen LogP contribution < -0.4 is 5.32 Å². The van der Waals surface area contributed by atoms with Gasteiger partial charge in [-0.2, -0.15) is 0 Å². The zero-order chi connectivity index (χ0) is 17.6. The third kappa shape index (κ3) is 4.86. The van der Waals surface area contributed by atoms with Gasteiger partial charge in [0, 0.05) is 25.7 Å². The highest BCUT2D eigenvalue weighted by Crippen LogP contribution is 2.32. The summed E-state index contributed by atoms with van der Waals surface area (Å²) in [6.45, 7) is 4.01. The van der Waals surface area contributed by atoms with Crippen LogP contribution in [-0.2, 0) is 17.8 Å². The minimum absolute atomic E-state index is 0.0472. The van der Waals surface area contributed by atoms with Gasteiger partial charge >= 0.3 is 0 Å². The topological polar surface area (TPSA) is 45.2 Å². The van der Waals surface area contributed by atoms with Crippen LogP contribution in [0.15, 0.2) is 42.6 Å². The van der Waals surface area contributed by atoms with E-state index in [9.17, 15) is 9.18 Å². The number of likely N-dealkylation sites (tertiary alicyclic amines) is 1. The fourth-order valence-corrected chi connectivity index (χ4v) is 3.41. The number of carbonyl (C=O) groups is 1. The Morgan fingerprint density at radius 3 is 2.88 bits per heavy atom. The van der Waals surface area contributed by atoms with Gasteiger partial charge in [0.25, 0.3) is 0 Å². The molecular formula is C20H24FN3O. The summed E-state index contributed by atoms with van der Waals surface area (Å²) in [6, 6.07) is 11.3. The molecule has 132 valence electrons. The lowest BCUT2D eigenvalue weighted by Gasteiger charge is -2.25. The zero-order valence-electron chi connectivity index (χ0n) is 14.5. The molecule has 0 bridgehead atoms. The second-order valence-electron chi connectivity index (χ2n) is 6.56. The molecule has 1 fully saturated rings. The van der Waals surface area contributed by atoms with E-state index in [0.29, 0.717) is 12.6 Å². The molecular weight excluding hydrogens is 317 g/mol. The predicted molar refractivity (Wildman–Crippen MR) is 95.4 cm³/mol. The van der Waals surface area contributed by atoms with Crippen molar-refractivity contribution in [3.05, 3.63) is 65.2 Å². The first kappa shape index (κ1) is 17.5. The van der Waals surface area contributed by atoms with E-state index in [1.54, 1.807) is 0 Å². The van der Waals surface area contributed by atoms with Gasteiger partial charge < -0.3 is 5.32 Å². The first-order valence-corrected chi connectivity index (χ1v) is 8.79. The van der Waals surface area contributed by atoms with Crippen LogP contribution in [0.2, 0.25) is 0 Å². The van der Waals surface area contributed by atoms with Gasteiger partial charge in [-0.1, -0.05) is 12.1 Å². The maximum Gasteiger partial charge on any atom is 0.217 e. The molecule has 1 aromatic heterocycles. The molecule has 1 aliphatic heterocycles. The smallest absolute Gasteiger partial charge is 0.217 e. The number of aromatic nitrogens is 1. The number of amides is 1. The lowest BCUT2D eigenvalue weighted by molar-refractivity contribution is -0.119. The van der Waals surface area contributed by atoms with Crippen molar-refractivity contribution in [2.75, 3.05) is 13.1 Å². The molecule has 0 radical (unpaired) electrons. The van der Waals surface area contributed by atoms with Crippen molar-refractivity contribution in [2.45, 2.75) is 38.8 Å². The second kappa shape index (κ2) is 8.21. The number of nitrogens with one attached hydrogen (secondary N) is 1. The summed E-state index contributed by atoms with van der Waals surface area (Å²) in [4.78, 5) is 17.9. The van der Waals surface area contributed by atoms with E-state index in [2.05, 4.69) is 27.3 Å². The molecule has 1 N–H and O–H groups in total. The van der Waals surface area contributed by atoms with Crippen LogP contribution in [0.1, 0.15) is 42.6 Å². The molecule has 25 heavy (non-hydrogen) atoms. The Morgan fingerprint density at radius 2 is 2.12 bits per heavy atom. The molecule has 0 saturated carbocycles. The minimum Gasteiger partial charge on any atom is -0.351 e. The van der Waals surface area contributed by atoms with E-state index in [0.717, 1.165) is 37.2 Å². The maximum atomic E-state index is 13.0. The number of nitrogens with zero attached hydrogens (tertiary/aromatic N) is 2. The number of hydrogen-bond donors (Lipinski definition) is 1. The Bertz CT molecular complexity index is 717. The third-order valence-electron chi connectivity index (χ3n) is 4.71. The Balaban J connectivity index is 1.63. The third-order valence-corrected chi connectivity index (χ3v) is 4.71. The van der Waals surface area contributed by atoms with Gasteiger partial charge in [0.1, 0.15) is 5.82 Å². The Kier molecular flexibility index (Phi) is 5.76. The van der Waals surface area contributed by atoms with Gasteiger partial charge in [0.2, 0.25) is 5.91 Å². The van der Waals surface area contributed by atoms with Crippen molar-refractivity contribution in [3.63, 3.8) is 0 Å². The average molecular weight is 341 g/mol. The van der Waals surface area contributed by atoms with Crippen LogP contribution in [0.25, 0.3) is 0 Å². The normalized spacial score (nSPS) is 17.6. The van der Waals surface area contributed by atoms with Crippen LogP contribution in [0, 0.1) is 5.82 Å². The summed E-state index contributed by atoms with van der Waals surface area (Å²) >= 11 is 0. The molecule has 4 nitrogen and oxygen atoms in total. The van der Waals surface area contributed by atoms with Crippen LogP contribution in [0.4, 0.5) is 4.39 Å². The molecule has 1 amide bonds. The van der Waals surface area contributed by atoms with Gasteiger partial charge in [-0.3, -0.25) is 14.7 Å². The fourth-order valence-electron chi connectivity index (χ4n) is 3.41. The van der Waals surface area contributed by atoms with E-state index in [1.165, 1.54) is 31.0 Å². The summed E-state index contributed by atoms with van der Waals surface area (Å²) in [5.41, 5.74) is 3.30. The molecule has 1 atom stereocenters. The SMILES string of the molecule is CC(=O)NCc1cc([C@@H]2CCCN2CCc2ccc(F)cc2)ccn1. The molecule has 0 spiro atoms. The molecule has 2 aromatic rings. The molecule has 1 saturated heterocycles. The summed E-state index contributed by atoms with van der Waals surface area (Å²) in [5, 5.41) is 2.80. The number of halogens is 1.